The van der Waals surface area contributed by atoms with Crippen LogP contribution in [0.25, 0.3) is 0 Å². The number of amides is 1. The lowest BCUT2D eigenvalue weighted by Gasteiger charge is -2.35. The van der Waals surface area contributed by atoms with Crippen molar-refractivity contribution < 1.29 is 22.9 Å². The molecule has 7 nitrogen and oxygen atoms in total. The van der Waals surface area contributed by atoms with Crippen molar-refractivity contribution in [2.75, 3.05) is 44.2 Å². The van der Waals surface area contributed by atoms with Crippen molar-refractivity contribution in [2.45, 2.75) is 6.18 Å². The number of hydrogen-bond acceptors (Lipinski definition) is 5. The highest BCUT2D eigenvalue weighted by Crippen LogP contribution is 2.20. The number of alkyl halides is 3. The number of carbonyl (C=O) groups excluding carboxylic acids is 1. The molecule has 1 N–H and O–H groups in total. The predicted octanol–water partition coefficient (Wildman–Crippen LogP) is 1.40. The van der Waals surface area contributed by atoms with E-state index < -0.39 is 23.6 Å². The van der Waals surface area contributed by atoms with Crippen molar-refractivity contribution in [3.05, 3.63) is 34.4 Å². The summed E-state index contributed by atoms with van der Waals surface area (Å²) >= 11 is 0. The number of piperazine rings is 1. The number of nitrogens with one attached hydrogen (secondary N) is 1. The highest BCUT2D eigenvalue weighted by Gasteiger charge is 2.28. The highest BCUT2D eigenvalue weighted by atomic mass is 19.4. The molecule has 1 aromatic carbocycles. The van der Waals surface area contributed by atoms with Crippen molar-refractivity contribution >= 4 is 17.3 Å². The normalized spacial score (nSPS) is 16.0. The van der Waals surface area contributed by atoms with Gasteiger partial charge in [0.15, 0.2) is 0 Å². The quantitative estimate of drug-likeness (QED) is 0.644. The fourth-order valence-electron chi connectivity index (χ4n) is 2.41. The van der Waals surface area contributed by atoms with Crippen LogP contribution < -0.4 is 10.2 Å². The van der Waals surface area contributed by atoms with Crippen LogP contribution in [0.4, 0.5) is 24.5 Å². The van der Waals surface area contributed by atoms with E-state index in [4.69, 9.17) is 0 Å². The number of hydrogen-bond donors (Lipinski definition) is 1. The maximum atomic E-state index is 12.0. The third-order valence-electron chi connectivity index (χ3n) is 3.65. The van der Waals surface area contributed by atoms with Gasteiger partial charge in [-0.05, 0) is 12.1 Å². The molecule has 0 radical (unpaired) electrons. The standard InChI is InChI=1S/C14H17F3N4O3/c15-14(16,17)10-18-13(22)9-19-5-7-20(8-6-19)11-1-3-12(4-2-11)21(23)24/h1-4H,5-10H2,(H,18,22). The Balaban J connectivity index is 1.78. The van der Waals surface area contributed by atoms with Crippen molar-refractivity contribution in [1.29, 1.82) is 0 Å². The van der Waals surface area contributed by atoms with E-state index in [9.17, 15) is 28.1 Å². The van der Waals surface area contributed by atoms with E-state index in [0.717, 1.165) is 5.69 Å². The number of nitro benzene ring substituents is 1. The van der Waals surface area contributed by atoms with Gasteiger partial charge < -0.3 is 10.2 Å². The molecule has 1 saturated heterocycles. The third-order valence-corrected chi connectivity index (χ3v) is 3.65. The number of rotatable bonds is 5. The predicted molar refractivity (Wildman–Crippen MR) is 80.8 cm³/mol. The summed E-state index contributed by atoms with van der Waals surface area (Å²) in [6.45, 7) is 0.820. The summed E-state index contributed by atoms with van der Waals surface area (Å²) in [6.07, 6.45) is -4.41. The van der Waals surface area contributed by atoms with Gasteiger partial charge in [-0.1, -0.05) is 0 Å². The van der Waals surface area contributed by atoms with Crippen LogP contribution in [-0.4, -0.2) is 61.2 Å². The number of non-ortho nitro benzene ring substituents is 1. The van der Waals surface area contributed by atoms with Crippen LogP contribution in [0, 0.1) is 10.1 Å². The van der Waals surface area contributed by atoms with E-state index >= 15 is 0 Å². The molecule has 2 rings (SSSR count). The van der Waals surface area contributed by atoms with Crippen LogP contribution in [0.15, 0.2) is 24.3 Å². The molecule has 1 heterocycles. The van der Waals surface area contributed by atoms with Crippen LogP contribution in [0.2, 0.25) is 0 Å². The maximum Gasteiger partial charge on any atom is 0.405 e. The molecular formula is C14H17F3N4O3. The van der Waals surface area contributed by atoms with Gasteiger partial charge in [-0.25, -0.2) is 0 Å². The summed E-state index contributed by atoms with van der Waals surface area (Å²) in [7, 11) is 0. The molecular weight excluding hydrogens is 329 g/mol. The molecule has 0 bridgehead atoms. The van der Waals surface area contributed by atoms with E-state index in [1.54, 1.807) is 17.0 Å². The number of carbonyl (C=O) groups is 1. The zero-order valence-electron chi connectivity index (χ0n) is 12.8. The Morgan fingerprint density at radius 3 is 2.25 bits per heavy atom. The van der Waals surface area contributed by atoms with Gasteiger partial charge in [0.25, 0.3) is 5.69 Å². The lowest BCUT2D eigenvalue weighted by atomic mass is 10.2. The summed E-state index contributed by atoms with van der Waals surface area (Å²) in [4.78, 5) is 25.4. The minimum Gasteiger partial charge on any atom is -0.369 e. The van der Waals surface area contributed by atoms with Crippen molar-refractivity contribution in [3.8, 4) is 0 Å². The molecule has 24 heavy (non-hydrogen) atoms. The van der Waals surface area contributed by atoms with E-state index in [1.165, 1.54) is 12.1 Å². The minimum absolute atomic E-state index is 0.0127. The summed E-state index contributed by atoms with van der Waals surface area (Å²) in [5.41, 5.74) is 0.848. The summed E-state index contributed by atoms with van der Waals surface area (Å²) < 4.78 is 36.1. The largest absolute Gasteiger partial charge is 0.405 e. The van der Waals surface area contributed by atoms with E-state index in [0.29, 0.717) is 26.2 Å². The van der Waals surface area contributed by atoms with Crippen LogP contribution in [-0.2, 0) is 4.79 Å². The molecule has 1 aliphatic heterocycles. The first kappa shape index (κ1) is 18.0. The number of halogens is 3. The zero-order chi connectivity index (χ0) is 17.7. The molecule has 0 aromatic heterocycles. The second kappa shape index (κ2) is 7.47. The SMILES string of the molecule is O=C(CN1CCN(c2ccc([N+](=O)[O-])cc2)CC1)NCC(F)(F)F. The zero-order valence-corrected chi connectivity index (χ0v) is 12.8. The fourth-order valence-corrected chi connectivity index (χ4v) is 2.41. The van der Waals surface area contributed by atoms with Gasteiger partial charge in [-0.2, -0.15) is 13.2 Å². The average Bonchev–Trinajstić information content (AvgIpc) is 2.53. The Morgan fingerprint density at radius 2 is 1.75 bits per heavy atom. The van der Waals surface area contributed by atoms with Gasteiger partial charge in [0.05, 0.1) is 11.5 Å². The molecule has 0 spiro atoms. The molecule has 0 aliphatic carbocycles. The second-order valence-electron chi connectivity index (χ2n) is 5.43. The average molecular weight is 346 g/mol. The fraction of sp³-hybridized carbons (Fsp3) is 0.500. The summed E-state index contributed by atoms with van der Waals surface area (Å²) in [6, 6.07) is 6.16. The molecule has 10 heteroatoms. The van der Waals surface area contributed by atoms with E-state index in [1.807, 2.05) is 10.2 Å². The van der Waals surface area contributed by atoms with Crippen molar-refractivity contribution in [1.82, 2.24) is 10.2 Å². The topological polar surface area (TPSA) is 78.7 Å². The van der Waals surface area contributed by atoms with Crippen LogP contribution >= 0.6 is 0 Å². The smallest absolute Gasteiger partial charge is 0.369 e. The third kappa shape index (κ3) is 5.37. The Labute approximate surface area is 136 Å². The first-order valence-electron chi connectivity index (χ1n) is 7.30. The first-order chi connectivity index (χ1) is 11.2. The van der Waals surface area contributed by atoms with Crippen LogP contribution in [0.3, 0.4) is 0 Å². The van der Waals surface area contributed by atoms with Crippen LogP contribution in [0.1, 0.15) is 0 Å². The minimum atomic E-state index is -4.41. The molecule has 1 aliphatic rings. The van der Waals surface area contributed by atoms with Gasteiger partial charge in [-0.3, -0.25) is 19.8 Å². The van der Waals surface area contributed by atoms with Crippen molar-refractivity contribution in [3.63, 3.8) is 0 Å². The number of anilines is 1. The number of nitro groups is 1. The second-order valence-corrected chi connectivity index (χ2v) is 5.43. The monoisotopic (exact) mass is 346 g/mol. The molecule has 0 atom stereocenters. The summed E-state index contributed by atoms with van der Waals surface area (Å²) in [5, 5.41) is 12.5. The maximum absolute atomic E-state index is 12.0. The Bertz CT molecular complexity index is 584. The van der Waals surface area contributed by atoms with Gasteiger partial charge >= 0.3 is 6.18 Å². The Morgan fingerprint density at radius 1 is 1.17 bits per heavy atom. The Hall–Kier alpha value is -2.36. The molecule has 1 fully saturated rings. The van der Waals surface area contributed by atoms with Crippen LogP contribution in [0.5, 0.6) is 0 Å². The number of nitrogens with zero attached hydrogens (tertiary/aromatic N) is 3. The van der Waals surface area contributed by atoms with E-state index in [2.05, 4.69) is 0 Å². The van der Waals surface area contributed by atoms with Crippen molar-refractivity contribution in [2.24, 2.45) is 0 Å². The lowest BCUT2D eigenvalue weighted by molar-refractivity contribution is -0.384. The Kier molecular flexibility index (Phi) is 5.60. The molecule has 0 saturated carbocycles. The first-order valence-corrected chi connectivity index (χ1v) is 7.30. The highest BCUT2D eigenvalue weighted by molar-refractivity contribution is 5.78. The van der Waals surface area contributed by atoms with E-state index in [-0.39, 0.29) is 12.2 Å². The van der Waals surface area contributed by atoms with Gasteiger partial charge in [0.1, 0.15) is 6.54 Å². The van der Waals surface area contributed by atoms with Gasteiger partial charge in [0, 0.05) is 44.0 Å². The molecule has 1 aromatic rings. The van der Waals surface area contributed by atoms with Gasteiger partial charge in [0.2, 0.25) is 5.91 Å². The van der Waals surface area contributed by atoms with Gasteiger partial charge in [-0.15, -0.1) is 0 Å². The molecule has 132 valence electrons. The lowest BCUT2D eigenvalue weighted by Crippen LogP contribution is -2.50. The molecule has 0 unspecified atom stereocenters. The number of benzene rings is 1. The molecule has 1 amide bonds. The summed E-state index contributed by atoms with van der Waals surface area (Å²) in [5.74, 6) is -0.656.